The fourth-order valence-corrected chi connectivity index (χ4v) is 2.72. The van der Waals surface area contributed by atoms with Crippen molar-refractivity contribution in [3.8, 4) is 0 Å². The summed E-state index contributed by atoms with van der Waals surface area (Å²) in [4.78, 5) is 14.2. The number of carbonyl (C=O) groups is 1. The Morgan fingerprint density at radius 3 is 2.86 bits per heavy atom. The summed E-state index contributed by atoms with van der Waals surface area (Å²) in [6.07, 6.45) is 4.26. The van der Waals surface area contributed by atoms with Crippen LogP contribution in [0.1, 0.15) is 25.7 Å². The molecule has 1 atom stereocenters. The lowest BCUT2D eigenvalue weighted by atomic mass is 9.99. The number of anilines is 1. The second-order valence-corrected chi connectivity index (χ2v) is 5.80. The predicted octanol–water partition coefficient (Wildman–Crippen LogP) is 2.02. The van der Waals surface area contributed by atoms with Crippen molar-refractivity contribution in [2.24, 2.45) is 5.92 Å². The van der Waals surface area contributed by atoms with Crippen LogP contribution < -0.4 is 15.5 Å². The van der Waals surface area contributed by atoms with Crippen molar-refractivity contribution in [2.75, 3.05) is 38.1 Å². The molecule has 1 aliphatic heterocycles. The molecule has 116 valence electrons. The van der Waals surface area contributed by atoms with E-state index in [0.29, 0.717) is 0 Å². The third-order valence-electron chi connectivity index (χ3n) is 4.08. The zero-order chi connectivity index (χ0) is 14.9. The number of hydrogen-bond donors (Lipinski definition) is 2. The lowest BCUT2D eigenvalue weighted by Gasteiger charge is -2.22. The predicted molar refractivity (Wildman–Crippen MR) is 87.5 cm³/mol. The first-order valence-corrected chi connectivity index (χ1v) is 8.02. The van der Waals surface area contributed by atoms with Gasteiger partial charge < -0.3 is 15.5 Å². The van der Waals surface area contributed by atoms with E-state index in [2.05, 4.69) is 46.8 Å². The number of para-hydroxylation sites is 1. The van der Waals surface area contributed by atoms with Crippen molar-refractivity contribution in [1.29, 1.82) is 0 Å². The van der Waals surface area contributed by atoms with Gasteiger partial charge in [0.2, 0.25) is 5.91 Å². The fourth-order valence-electron chi connectivity index (χ4n) is 2.72. The van der Waals surface area contributed by atoms with Gasteiger partial charge in [0.1, 0.15) is 0 Å². The van der Waals surface area contributed by atoms with Gasteiger partial charge in [-0.25, -0.2) is 0 Å². The summed E-state index contributed by atoms with van der Waals surface area (Å²) >= 11 is 0. The largest absolute Gasteiger partial charge is 0.375 e. The summed E-state index contributed by atoms with van der Waals surface area (Å²) in [6, 6.07) is 10.4. The van der Waals surface area contributed by atoms with Crippen LogP contribution in [-0.2, 0) is 4.79 Å². The summed E-state index contributed by atoms with van der Waals surface area (Å²) in [5.41, 5.74) is 1.25. The Balaban J connectivity index is 1.56. The molecule has 4 nitrogen and oxygen atoms in total. The number of benzene rings is 1. The standard InChI is InChI=1S/C17H27N3O/c1-20(16-9-3-2-4-10-16)13-6-5-12-19-17(21)15-8-7-11-18-14-15/h2-4,9-10,15,18H,5-8,11-14H2,1H3,(H,19,21). The van der Waals surface area contributed by atoms with E-state index in [1.807, 2.05) is 6.07 Å². The van der Waals surface area contributed by atoms with Crippen LogP contribution in [0.5, 0.6) is 0 Å². The Kier molecular flexibility index (Phi) is 6.54. The van der Waals surface area contributed by atoms with Gasteiger partial charge in [0.15, 0.2) is 0 Å². The number of nitrogens with zero attached hydrogens (tertiary/aromatic N) is 1. The van der Waals surface area contributed by atoms with Gasteiger partial charge in [0, 0.05) is 32.4 Å². The Hall–Kier alpha value is -1.55. The van der Waals surface area contributed by atoms with Crippen molar-refractivity contribution in [3.05, 3.63) is 30.3 Å². The van der Waals surface area contributed by atoms with Gasteiger partial charge in [0.25, 0.3) is 0 Å². The van der Waals surface area contributed by atoms with E-state index in [4.69, 9.17) is 0 Å². The van der Waals surface area contributed by atoms with Crippen molar-refractivity contribution in [2.45, 2.75) is 25.7 Å². The maximum atomic E-state index is 12.0. The first-order chi connectivity index (χ1) is 10.3. The number of unbranched alkanes of at least 4 members (excludes halogenated alkanes) is 1. The summed E-state index contributed by atoms with van der Waals surface area (Å²) in [7, 11) is 2.11. The van der Waals surface area contributed by atoms with Crippen molar-refractivity contribution >= 4 is 11.6 Å². The molecular formula is C17H27N3O. The van der Waals surface area contributed by atoms with E-state index >= 15 is 0 Å². The molecule has 1 heterocycles. The van der Waals surface area contributed by atoms with E-state index in [1.165, 1.54) is 5.69 Å². The second-order valence-electron chi connectivity index (χ2n) is 5.80. The number of nitrogens with one attached hydrogen (secondary N) is 2. The highest BCUT2D eigenvalue weighted by Gasteiger charge is 2.19. The highest BCUT2D eigenvalue weighted by atomic mass is 16.1. The minimum Gasteiger partial charge on any atom is -0.375 e. The Labute approximate surface area is 127 Å². The zero-order valence-electron chi connectivity index (χ0n) is 13.0. The lowest BCUT2D eigenvalue weighted by Crippen LogP contribution is -2.40. The average Bonchev–Trinajstić information content (AvgIpc) is 2.55. The molecule has 1 fully saturated rings. The minimum atomic E-state index is 0.172. The Morgan fingerprint density at radius 2 is 2.14 bits per heavy atom. The van der Waals surface area contributed by atoms with Gasteiger partial charge >= 0.3 is 0 Å². The molecule has 2 N–H and O–H groups in total. The van der Waals surface area contributed by atoms with Crippen LogP contribution in [0.3, 0.4) is 0 Å². The summed E-state index contributed by atoms with van der Waals surface area (Å²) in [6.45, 7) is 3.70. The van der Waals surface area contributed by atoms with Crippen molar-refractivity contribution in [1.82, 2.24) is 10.6 Å². The van der Waals surface area contributed by atoms with Crippen LogP contribution in [0.15, 0.2) is 30.3 Å². The van der Waals surface area contributed by atoms with Crippen LogP contribution in [0.4, 0.5) is 5.69 Å². The quantitative estimate of drug-likeness (QED) is 0.755. The molecule has 4 heteroatoms. The maximum Gasteiger partial charge on any atom is 0.224 e. The van der Waals surface area contributed by atoms with E-state index < -0.39 is 0 Å². The normalized spacial score (nSPS) is 18.2. The Bertz CT molecular complexity index is 415. The van der Waals surface area contributed by atoms with Gasteiger partial charge in [-0.3, -0.25) is 4.79 Å². The third-order valence-corrected chi connectivity index (χ3v) is 4.08. The fraction of sp³-hybridized carbons (Fsp3) is 0.588. The first kappa shape index (κ1) is 15.8. The highest BCUT2D eigenvalue weighted by Crippen LogP contribution is 2.12. The number of rotatable bonds is 7. The van der Waals surface area contributed by atoms with E-state index in [-0.39, 0.29) is 11.8 Å². The smallest absolute Gasteiger partial charge is 0.224 e. The molecular weight excluding hydrogens is 262 g/mol. The van der Waals surface area contributed by atoms with Gasteiger partial charge in [0.05, 0.1) is 5.92 Å². The third kappa shape index (κ3) is 5.38. The number of piperidine rings is 1. The highest BCUT2D eigenvalue weighted by molar-refractivity contribution is 5.78. The molecule has 0 radical (unpaired) electrons. The molecule has 1 aliphatic rings. The van der Waals surface area contributed by atoms with Gasteiger partial charge in [-0.15, -0.1) is 0 Å². The van der Waals surface area contributed by atoms with Crippen LogP contribution in [0.2, 0.25) is 0 Å². The van der Waals surface area contributed by atoms with Crippen LogP contribution in [0.25, 0.3) is 0 Å². The van der Waals surface area contributed by atoms with Crippen molar-refractivity contribution < 1.29 is 4.79 Å². The molecule has 1 unspecified atom stereocenters. The molecule has 2 rings (SSSR count). The molecule has 0 aliphatic carbocycles. The molecule has 0 bridgehead atoms. The molecule has 1 saturated heterocycles. The number of amides is 1. The maximum absolute atomic E-state index is 12.0. The van der Waals surface area contributed by atoms with Gasteiger partial charge in [-0.2, -0.15) is 0 Å². The number of hydrogen-bond acceptors (Lipinski definition) is 3. The van der Waals surface area contributed by atoms with E-state index in [0.717, 1.165) is 51.9 Å². The molecule has 1 aromatic carbocycles. The average molecular weight is 289 g/mol. The summed E-state index contributed by atoms with van der Waals surface area (Å²) in [5.74, 6) is 0.393. The van der Waals surface area contributed by atoms with Gasteiger partial charge in [-0.1, -0.05) is 18.2 Å². The van der Waals surface area contributed by atoms with Gasteiger partial charge in [-0.05, 0) is 44.4 Å². The van der Waals surface area contributed by atoms with Crippen LogP contribution in [0, 0.1) is 5.92 Å². The number of carbonyl (C=O) groups excluding carboxylic acids is 1. The Morgan fingerprint density at radius 1 is 1.33 bits per heavy atom. The molecule has 1 aromatic rings. The van der Waals surface area contributed by atoms with E-state index in [1.54, 1.807) is 0 Å². The van der Waals surface area contributed by atoms with Crippen molar-refractivity contribution in [3.63, 3.8) is 0 Å². The lowest BCUT2D eigenvalue weighted by molar-refractivity contribution is -0.125. The molecule has 0 spiro atoms. The topological polar surface area (TPSA) is 44.4 Å². The first-order valence-electron chi connectivity index (χ1n) is 8.02. The second kappa shape index (κ2) is 8.67. The summed E-state index contributed by atoms with van der Waals surface area (Å²) in [5, 5.41) is 6.35. The molecule has 0 aromatic heterocycles. The van der Waals surface area contributed by atoms with Crippen LogP contribution >= 0.6 is 0 Å². The monoisotopic (exact) mass is 289 g/mol. The van der Waals surface area contributed by atoms with E-state index in [9.17, 15) is 4.79 Å². The SMILES string of the molecule is CN(CCCCNC(=O)C1CCCNC1)c1ccccc1. The minimum absolute atomic E-state index is 0.172. The molecule has 1 amide bonds. The van der Waals surface area contributed by atoms with Crippen LogP contribution in [-0.4, -0.2) is 39.1 Å². The molecule has 0 saturated carbocycles. The molecule has 21 heavy (non-hydrogen) atoms. The summed E-state index contributed by atoms with van der Waals surface area (Å²) < 4.78 is 0. The zero-order valence-corrected chi connectivity index (χ0v) is 13.0.